The van der Waals surface area contributed by atoms with Crippen LogP contribution in [-0.2, 0) is 24.2 Å². The van der Waals surface area contributed by atoms with Crippen molar-refractivity contribution in [3.05, 3.63) is 52.0 Å². The molecule has 2 aliphatic rings. The van der Waals surface area contributed by atoms with Crippen LogP contribution in [0.4, 0.5) is 5.00 Å². The third kappa shape index (κ3) is 4.30. The maximum atomic E-state index is 12.8. The zero-order valence-corrected chi connectivity index (χ0v) is 21.1. The van der Waals surface area contributed by atoms with Gasteiger partial charge in [-0.3, -0.25) is 4.79 Å². The second-order valence-electron chi connectivity index (χ2n) is 10.7. The van der Waals surface area contributed by atoms with Crippen LogP contribution in [0.2, 0.25) is 0 Å². The molecule has 0 bridgehead atoms. The van der Waals surface area contributed by atoms with Crippen LogP contribution in [0.15, 0.2) is 35.5 Å². The van der Waals surface area contributed by atoms with Gasteiger partial charge in [0, 0.05) is 46.8 Å². The van der Waals surface area contributed by atoms with Gasteiger partial charge in [-0.15, -0.1) is 11.3 Å². The third-order valence-electron chi connectivity index (χ3n) is 7.49. The Kier molecular flexibility index (Phi) is 6.07. The van der Waals surface area contributed by atoms with Crippen LogP contribution in [0.3, 0.4) is 0 Å². The van der Waals surface area contributed by atoms with E-state index in [1.54, 1.807) is 11.3 Å². The highest BCUT2D eigenvalue weighted by molar-refractivity contribution is 7.16. The molecule has 1 aliphatic carbocycles. The molecule has 0 unspecified atom stereocenters. The number of likely N-dealkylation sites (tertiary alicyclic amines) is 1. The fraction of sp³-hybridized carbons (Fsp3) is 0.464. The third-order valence-corrected chi connectivity index (χ3v) is 8.65. The fourth-order valence-electron chi connectivity index (χ4n) is 5.37. The van der Waals surface area contributed by atoms with Crippen LogP contribution in [-0.4, -0.2) is 34.7 Å². The van der Waals surface area contributed by atoms with E-state index in [1.165, 1.54) is 10.4 Å². The summed E-state index contributed by atoms with van der Waals surface area (Å²) in [6.07, 6.45) is 9.21. The second-order valence-corrected chi connectivity index (χ2v) is 11.8. The molecule has 5 nitrogen and oxygen atoms in total. The SMILES string of the molecule is CC(C)(C)[C@H]1CCc2c(sc(N=Cc3cn(CC(=O)N4CCCC4)c4ccccc34)c2C#N)C1. The van der Waals surface area contributed by atoms with E-state index in [2.05, 4.69) is 39.0 Å². The summed E-state index contributed by atoms with van der Waals surface area (Å²) in [6, 6.07) is 10.6. The van der Waals surface area contributed by atoms with Gasteiger partial charge in [0.05, 0.1) is 5.56 Å². The van der Waals surface area contributed by atoms with Crippen LogP contribution in [0.25, 0.3) is 10.9 Å². The number of para-hydroxylation sites is 1. The number of carbonyl (C=O) groups excluding carboxylic acids is 1. The number of thiophene rings is 1. The van der Waals surface area contributed by atoms with E-state index in [-0.39, 0.29) is 11.3 Å². The molecule has 0 N–H and O–H groups in total. The molecule has 2 aromatic heterocycles. The number of carbonyl (C=O) groups is 1. The molecule has 1 amide bonds. The highest BCUT2D eigenvalue weighted by atomic mass is 32.1. The smallest absolute Gasteiger partial charge is 0.242 e. The molecule has 1 saturated heterocycles. The molecule has 0 spiro atoms. The molecular formula is C28H32N4OS. The van der Waals surface area contributed by atoms with Crippen molar-refractivity contribution in [1.82, 2.24) is 9.47 Å². The predicted molar refractivity (Wildman–Crippen MR) is 139 cm³/mol. The summed E-state index contributed by atoms with van der Waals surface area (Å²) in [6.45, 7) is 9.00. The maximum Gasteiger partial charge on any atom is 0.242 e. The Bertz CT molecular complexity index is 1290. The van der Waals surface area contributed by atoms with Gasteiger partial charge < -0.3 is 9.47 Å². The summed E-state index contributed by atoms with van der Waals surface area (Å²) in [4.78, 5) is 20.9. The minimum atomic E-state index is 0.174. The first kappa shape index (κ1) is 22.9. The van der Waals surface area contributed by atoms with E-state index in [0.717, 1.165) is 72.2 Å². The number of benzene rings is 1. The predicted octanol–water partition coefficient (Wildman–Crippen LogP) is 6.10. The summed E-state index contributed by atoms with van der Waals surface area (Å²) in [5.74, 6) is 0.806. The van der Waals surface area contributed by atoms with Crippen molar-refractivity contribution in [2.75, 3.05) is 13.1 Å². The number of fused-ring (bicyclic) bond motifs is 2. The lowest BCUT2D eigenvalue weighted by Gasteiger charge is -2.33. The Labute approximate surface area is 205 Å². The average molecular weight is 473 g/mol. The van der Waals surface area contributed by atoms with E-state index in [1.807, 2.05) is 34.0 Å². The van der Waals surface area contributed by atoms with Gasteiger partial charge in [0.1, 0.15) is 17.6 Å². The zero-order chi connectivity index (χ0) is 23.9. The van der Waals surface area contributed by atoms with Crippen LogP contribution >= 0.6 is 11.3 Å². The second kappa shape index (κ2) is 9.03. The monoisotopic (exact) mass is 472 g/mol. The Morgan fingerprint density at radius 3 is 2.76 bits per heavy atom. The molecule has 0 saturated carbocycles. The van der Waals surface area contributed by atoms with Gasteiger partial charge in [-0.05, 0) is 55.1 Å². The molecule has 3 heterocycles. The van der Waals surface area contributed by atoms with Crippen molar-refractivity contribution < 1.29 is 4.79 Å². The number of aliphatic imine (C=N–C) groups is 1. The van der Waals surface area contributed by atoms with Crippen molar-refractivity contribution in [2.24, 2.45) is 16.3 Å². The Morgan fingerprint density at radius 1 is 1.26 bits per heavy atom. The minimum Gasteiger partial charge on any atom is -0.341 e. The van der Waals surface area contributed by atoms with E-state index in [4.69, 9.17) is 4.99 Å². The van der Waals surface area contributed by atoms with Crippen molar-refractivity contribution in [1.29, 1.82) is 5.26 Å². The van der Waals surface area contributed by atoms with Crippen LogP contribution in [0.1, 0.15) is 61.6 Å². The van der Waals surface area contributed by atoms with Gasteiger partial charge in [0.15, 0.2) is 0 Å². The van der Waals surface area contributed by atoms with Gasteiger partial charge in [0.25, 0.3) is 0 Å². The van der Waals surface area contributed by atoms with Gasteiger partial charge >= 0.3 is 0 Å². The number of hydrogen-bond acceptors (Lipinski definition) is 4. The number of nitrogens with zero attached hydrogens (tertiary/aromatic N) is 4. The highest BCUT2D eigenvalue weighted by Gasteiger charge is 2.32. The molecule has 1 aromatic carbocycles. The lowest BCUT2D eigenvalue weighted by atomic mass is 9.72. The number of rotatable bonds is 4. The molecule has 1 aliphatic heterocycles. The summed E-state index contributed by atoms with van der Waals surface area (Å²) < 4.78 is 2.04. The topological polar surface area (TPSA) is 61.4 Å². The molecule has 5 rings (SSSR count). The Morgan fingerprint density at radius 2 is 2.03 bits per heavy atom. The Balaban J connectivity index is 1.44. The molecule has 34 heavy (non-hydrogen) atoms. The number of amides is 1. The molecular weight excluding hydrogens is 440 g/mol. The number of nitriles is 1. The summed E-state index contributed by atoms with van der Waals surface area (Å²) in [5, 5.41) is 11.8. The maximum absolute atomic E-state index is 12.8. The zero-order valence-electron chi connectivity index (χ0n) is 20.3. The standard InChI is InChI=1S/C28H32N4OS/c1-28(2,3)20-10-11-22-23(15-29)27(34-25(22)14-20)30-16-19-17-32(24-9-5-4-8-21(19)24)18-26(33)31-12-6-7-13-31/h4-5,8-9,16-17,20H,6-7,10-14,18H2,1-3H3/t20-/m0/s1. The molecule has 176 valence electrons. The lowest BCUT2D eigenvalue weighted by Crippen LogP contribution is -2.30. The molecule has 3 aromatic rings. The molecule has 1 fully saturated rings. The first-order chi connectivity index (χ1) is 16.3. The lowest BCUT2D eigenvalue weighted by molar-refractivity contribution is -0.130. The Hall–Kier alpha value is -2.91. The fourth-order valence-corrected chi connectivity index (χ4v) is 6.59. The quantitative estimate of drug-likeness (QED) is 0.431. The van der Waals surface area contributed by atoms with Crippen LogP contribution in [0.5, 0.6) is 0 Å². The van der Waals surface area contributed by atoms with E-state index < -0.39 is 0 Å². The van der Waals surface area contributed by atoms with Crippen LogP contribution < -0.4 is 0 Å². The molecule has 1 atom stereocenters. The van der Waals surface area contributed by atoms with Crippen molar-refractivity contribution in [3.63, 3.8) is 0 Å². The largest absolute Gasteiger partial charge is 0.341 e. The van der Waals surface area contributed by atoms with E-state index >= 15 is 0 Å². The van der Waals surface area contributed by atoms with Crippen molar-refractivity contribution >= 4 is 39.4 Å². The first-order valence-corrected chi connectivity index (χ1v) is 13.1. The molecule has 6 heteroatoms. The number of hydrogen-bond donors (Lipinski definition) is 0. The van der Waals surface area contributed by atoms with Crippen LogP contribution in [0, 0.1) is 22.7 Å². The van der Waals surface area contributed by atoms with E-state index in [0.29, 0.717) is 12.5 Å². The normalized spacial score (nSPS) is 18.5. The highest BCUT2D eigenvalue weighted by Crippen LogP contribution is 2.45. The van der Waals surface area contributed by atoms with E-state index in [9.17, 15) is 10.1 Å². The van der Waals surface area contributed by atoms with Gasteiger partial charge in [-0.25, -0.2) is 4.99 Å². The summed E-state index contributed by atoms with van der Waals surface area (Å²) in [7, 11) is 0. The summed E-state index contributed by atoms with van der Waals surface area (Å²) >= 11 is 1.68. The minimum absolute atomic E-state index is 0.174. The molecule has 0 radical (unpaired) electrons. The average Bonchev–Trinajstić information content (AvgIpc) is 3.54. The van der Waals surface area contributed by atoms with Gasteiger partial charge in [-0.1, -0.05) is 39.0 Å². The van der Waals surface area contributed by atoms with Gasteiger partial charge in [0.2, 0.25) is 5.91 Å². The van der Waals surface area contributed by atoms with Crippen molar-refractivity contribution in [3.8, 4) is 6.07 Å². The first-order valence-electron chi connectivity index (χ1n) is 12.3. The van der Waals surface area contributed by atoms with Gasteiger partial charge in [-0.2, -0.15) is 5.26 Å². The number of aromatic nitrogens is 1. The van der Waals surface area contributed by atoms with Crippen molar-refractivity contribution in [2.45, 2.75) is 59.4 Å². The summed E-state index contributed by atoms with van der Waals surface area (Å²) in [5.41, 5.74) is 4.24.